The second kappa shape index (κ2) is 8.44. The van der Waals surface area contributed by atoms with Crippen molar-refractivity contribution in [3.63, 3.8) is 0 Å². The van der Waals surface area contributed by atoms with Gasteiger partial charge in [-0.15, -0.1) is 0 Å². The van der Waals surface area contributed by atoms with E-state index in [1.54, 1.807) is 18.2 Å². The molecule has 0 atom stereocenters. The van der Waals surface area contributed by atoms with E-state index in [9.17, 15) is 18.8 Å². The van der Waals surface area contributed by atoms with E-state index in [4.69, 9.17) is 11.6 Å². The zero-order valence-electron chi connectivity index (χ0n) is 14.1. The highest BCUT2D eigenvalue weighted by Gasteiger charge is 2.17. The van der Waals surface area contributed by atoms with Gasteiger partial charge >= 0.3 is 5.97 Å². The number of benzene rings is 2. The summed E-state index contributed by atoms with van der Waals surface area (Å²) in [6.07, 6.45) is 0. The van der Waals surface area contributed by atoms with Gasteiger partial charge in [0, 0.05) is 18.3 Å². The maximum atomic E-state index is 13.3. The van der Waals surface area contributed by atoms with Crippen molar-refractivity contribution < 1.29 is 23.5 Å². The number of halogens is 2. The highest BCUT2D eigenvalue weighted by atomic mass is 35.5. The summed E-state index contributed by atoms with van der Waals surface area (Å²) in [7, 11) is 1.26. The van der Waals surface area contributed by atoms with Crippen molar-refractivity contribution in [1.82, 2.24) is 0 Å². The van der Waals surface area contributed by atoms with Crippen LogP contribution in [0.5, 0.6) is 0 Å². The Kier molecular flexibility index (Phi) is 6.30. The summed E-state index contributed by atoms with van der Waals surface area (Å²) in [5.74, 6) is -2.07. The second-order valence-corrected chi connectivity index (χ2v) is 5.73. The molecule has 0 aliphatic carbocycles. The first-order chi connectivity index (χ1) is 12.3. The van der Waals surface area contributed by atoms with E-state index in [1.807, 2.05) is 0 Å². The summed E-state index contributed by atoms with van der Waals surface area (Å²) < 4.78 is 17.9. The third-order valence-electron chi connectivity index (χ3n) is 3.46. The number of hydrogen-bond donors (Lipinski definition) is 1. The van der Waals surface area contributed by atoms with Gasteiger partial charge in [0.05, 0.1) is 17.7 Å². The van der Waals surface area contributed by atoms with Crippen LogP contribution in [0.15, 0.2) is 42.5 Å². The average Bonchev–Trinajstić information content (AvgIpc) is 2.61. The highest BCUT2D eigenvalue weighted by molar-refractivity contribution is 6.31. The van der Waals surface area contributed by atoms with Gasteiger partial charge in [-0.25, -0.2) is 9.18 Å². The van der Waals surface area contributed by atoms with Crippen molar-refractivity contribution in [2.75, 3.05) is 23.9 Å². The Labute approximate surface area is 154 Å². The van der Waals surface area contributed by atoms with Crippen LogP contribution in [0, 0.1) is 5.82 Å². The first kappa shape index (κ1) is 19.4. The molecule has 2 aromatic rings. The molecule has 2 rings (SSSR count). The molecular weight excluding hydrogens is 363 g/mol. The van der Waals surface area contributed by atoms with Gasteiger partial charge in [0.1, 0.15) is 12.4 Å². The summed E-state index contributed by atoms with van der Waals surface area (Å²) in [6, 6.07) is 9.92. The molecule has 0 heterocycles. The molecule has 0 radical (unpaired) electrons. The number of carbonyl (C=O) groups is 3. The lowest BCUT2D eigenvalue weighted by Crippen LogP contribution is -2.36. The van der Waals surface area contributed by atoms with Gasteiger partial charge in [-0.3, -0.25) is 9.59 Å². The zero-order chi connectivity index (χ0) is 19.3. The summed E-state index contributed by atoms with van der Waals surface area (Å²) in [4.78, 5) is 36.8. The number of anilines is 2. The predicted octanol–water partition coefficient (Wildman–Crippen LogP) is 3.26. The van der Waals surface area contributed by atoms with Crippen LogP contribution in [0.1, 0.15) is 17.3 Å². The number of esters is 1. The topological polar surface area (TPSA) is 75.7 Å². The zero-order valence-corrected chi connectivity index (χ0v) is 14.8. The molecule has 6 nitrogen and oxygen atoms in total. The van der Waals surface area contributed by atoms with Gasteiger partial charge in [0.15, 0.2) is 0 Å². The summed E-state index contributed by atoms with van der Waals surface area (Å²) >= 11 is 5.73. The molecule has 0 unspecified atom stereocenters. The third kappa shape index (κ3) is 4.80. The maximum absolute atomic E-state index is 13.3. The molecule has 2 aromatic carbocycles. The molecular formula is C18H16ClFN2O4. The van der Waals surface area contributed by atoms with Crippen molar-refractivity contribution in [3.8, 4) is 0 Å². The maximum Gasteiger partial charge on any atom is 0.337 e. The Morgan fingerprint density at radius 3 is 2.54 bits per heavy atom. The number of methoxy groups -OCH3 is 1. The van der Waals surface area contributed by atoms with Crippen LogP contribution in [0.2, 0.25) is 5.02 Å². The molecule has 0 fully saturated rings. The summed E-state index contributed by atoms with van der Waals surface area (Å²) in [6.45, 7) is 0.974. The Bertz CT molecular complexity index is 857. The van der Waals surface area contributed by atoms with E-state index >= 15 is 0 Å². The van der Waals surface area contributed by atoms with E-state index in [0.717, 1.165) is 11.0 Å². The quantitative estimate of drug-likeness (QED) is 0.810. The van der Waals surface area contributed by atoms with Crippen LogP contribution in [-0.2, 0) is 14.3 Å². The highest BCUT2D eigenvalue weighted by Crippen LogP contribution is 2.23. The van der Waals surface area contributed by atoms with Gasteiger partial charge in [-0.2, -0.15) is 0 Å². The number of ether oxygens (including phenoxy) is 1. The van der Waals surface area contributed by atoms with E-state index in [1.165, 1.54) is 32.2 Å². The summed E-state index contributed by atoms with van der Waals surface area (Å²) in [5.41, 5.74) is 0.944. The predicted molar refractivity (Wildman–Crippen MR) is 95.8 cm³/mol. The van der Waals surface area contributed by atoms with Gasteiger partial charge in [0.2, 0.25) is 11.8 Å². The minimum absolute atomic E-state index is 0.153. The van der Waals surface area contributed by atoms with Crippen molar-refractivity contribution in [1.29, 1.82) is 0 Å². The van der Waals surface area contributed by atoms with Crippen molar-refractivity contribution in [2.45, 2.75) is 6.92 Å². The lowest BCUT2D eigenvalue weighted by Gasteiger charge is -2.21. The minimum atomic E-state index is -0.622. The van der Waals surface area contributed by atoms with Crippen LogP contribution in [0.25, 0.3) is 0 Å². The molecule has 8 heteroatoms. The van der Waals surface area contributed by atoms with Gasteiger partial charge < -0.3 is 15.0 Å². The van der Waals surface area contributed by atoms with E-state index < -0.39 is 23.6 Å². The molecule has 26 heavy (non-hydrogen) atoms. The van der Waals surface area contributed by atoms with Crippen LogP contribution < -0.4 is 10.2 Å². The molecule has 0 saturated heterocycles. The van der Waals surface area contributed by atoms with Crippen molar-refractivity contribution >= 4 is 40.8 Å². The van der Waals surface area contributed by atoms with Crippen LogP contribution >= 0.6 is 11.6 Å². The van der Waals surface area contributed by atoms with E-state index in [0.29, 0.717) is 11.4 Å². The van der Waals surface area contributed by atoms with E-state index in [-0.39, 0.29) is 17.1 Å². The lowest BCUT2D eigenvalue weighted by atomic mass is 10.2. The molecule has 1 N–H and O–H groups in total. The Morgan fingerprint density at radius 2 is 1.92 bits per heavy atom. The Morgan fingerprint density at radius 1 is 1.19 bits per heavy atom. The SMILES string of the molecule is COC(=O)c1cccc(NC(=O)CN(C(C)=O)c2ccc(F)c(Cl)c2)c1. The molecule has 0 saturated carbocycles. The molecule has 0 aliphatic rings. The average molecular weight is 379 g/mol. The number of nitrogens with zero attached hydrogens (tertiary/aromatic N) is 1. The van der Waals surface area contributed by atoms with Gasteiger partial charge in [0.25, 0.3) is 0 Å². The first-order valence-corrected chi connectivity index (χ1v) is 7.91. The van der Waals surface area contributed by atoms with Crippen LogP contribution in [-0.4, -0.2) is 31.4 Å². The molecule has 136 valence electrons. The molecule has 0 bridgehead atoms. The van der Waals surface area contributed by atoms with Crippen LogP contribution in [0.4, 0.5) is 15.8 Å². The van der Waals surface area contributed by atoms with Crippen LogP contribution in [0.3, 0.4) is 0 Å². The largest absolute Gasteiger partial charge is 0.465 e. The van der Waals surface area contributed by atoms with Gasteiger partial charge in [-0.1, -0.05) is 17.7 Å². The standard InChI is InChI=1S/C18H16ClFN2O4/c1-11(23)22(14-6-7-16(20)15(19)9-14)10-17(24)21-13-5-3-4-12(8-13)18(25)26-2/h3-9H,10H2,1-2H3,(H,21,24). The smallest absolute Gasteiger partial charge is 0.337 e. The van der Waals surface area contributed by atoms with Crippen molar-refractivity contribution in [2.24, 2.45) is 0 Å². The number of hydrogen-bond acceptors (Lipinski definition) is 4. The lowest BCUT2D eigenvalue weighted by molar-refractivity contribution is -0.120. The fourth-order valence-electron chi connectivity index (χ4n) is 2.22. The number of rotatable bonds is 5. The molecule has 2 amide bonds. The second-order valence-electron chi connectivity index (χ2n) is 5.32. The molecule has 0 aliphatic heterocycles. The molecule has 0 spiro atoms. The number of nitrogens with one attached hydrogen (secondary N) is 1. The summed E-state index contributed by atoms with van der Waals surface area (Å²) in [5, 5.41) is 2.44. The monoisotopic (exact) mass is 378 g/mol. The fourth-order valence-corrected chi connectivity index (χ4v) is 2.40. The fraction of sp³-hybridized carbons (Fsp3) is 0.167. The third-order valence-corrected chi connectivity index (χ3v) is 3.75. The number of amides is 2. The minimum Gasteiger partial charge on any atom is -0.465 e. The van der Waals surface area contributed by atoms with Crippen molar-refractivity contribution in [3.05, 3.63) is 58.9 Å². The Balaban J connectivity index is 2.14. The normalized spacial score (nSPS) is 10.2. The van der Waals surface area contributed by atoms with Gasteiger partial charge in [-0.05, 0) is 36.4 Å². The Hall–Kier alpha value is -2.93. The first-order valence-electron chi connectivity index (χ1n) is 7.53. The van der Waals surface area contributed by atoms with E-state index in [2.05, 4.69) is 10.1 Å². The molecule has 0 aromatic heterocycles. The number of carbonyl (C=O) groups excluding carboxylic acids is 3.